The maximum Gasteiger partial charge on any atom is 0.261 e. The molecule has 32 heavy (non-hydrogen) atoms. The SMILES string of the molecule is C=Cc1cc(-c2ccc(F)cc2C)c2ncn(Cc3cc(OC)cc(OC)c3)c(=O)c2c1. The van der Waals surface area contributed by atoms with E-state index in [9.17, 15) is 9.18 Å². The highest BCUT2D eigenvalue weighted by atomic mass is 19.1. The van der Waals surface area contributed by atoms with Crippen LogP contribution in [0.15, 0.2) is 66.2 Å². The fraction of sp³-hybridized carbons (Fsp3) is 0.154. The molecule has 162 valence electrons. The first-order valence-corrected chi connectivity index (χ1v) is 10.1. The molecule has 1 aromatic heterocycles. The summed E-state index contributed by atoms with van der Waals surface area (Å²) in [5, 5.41) is 0.471. The Labute approximate surface area is 185 Å². The van der Waals surface area contributed by atoms with Crippen molar-refractivity contribution in [3.8, 4) is 22.6 Å². The average molecular weight is 430 g/mol. The molecule has 0 saturated heterocycles. The Hall–Kier alpha value is -3.93. The van der Waals surface area contributed by atoms with Crippen molar-refractivity contribution in [1.82, 2.24) is 9.55 Å². The Morgan fingerprint density at radius 2 is 1.75 bits per heavy atom. The highest BCUT2D eigenvalue weighted by molar-refractivity contribution is 5.95. The van der Waals surface area contributed by atoms with E-state index in [-0.39, 0.29) is 11.4 Å². The van der Waals surface area contributed by atoms with Crippen LogP contribution in [0.2, 0.25) is 0 Å². The van der Waals surface area contributed by atoms with E-state index in [4.69, 9.17) is 9.47 Å². The van der Waals surface area contributed by atoms with Gasteiger partial charge in [0.05, 0.1) is 38.0 Å². The van der Waals surface area contributed by atoms with Crippen LogP contribution in [-0.4, -0.2) is 23.8 Å². The number of hydrogen-bond donors (Lipinski definition) is 0. The Morgan fingerprint density at radius 1 is 1.03 bits per heavy atom. The molecule has 0 radical (unpaired) electrons. The molecule has 4 aromatic rings. The molecule has 0 aliphatic heterocycles. The van der Waals surface area contributed by atoms with Gasteiger partial charge in [0.25, 0.3) is 5.56 Å². The highest BCUT2D eigenvalue weighted by Gasteiger charge is 2.14. The topological polar surface area (TPSA) is 53.4 Å². The van der Waals surface area contributed by atoms with Gasteiger partial charge in [-0.3, -0.25) is 9.36 Å². The van der Waals surface area contributed by atoms with Gasteiger partial charge >= 0.3 is 0 Å². The zero-order valence-corrected chi connectivity index (χ0v) is 18.2. The van der Waals surface area contributed by atoms with Crippen molar-refractivity contribution in [2.75, 3.05) is 14.2 Å². The molecule has 0 N–H and O–H groups in total. The second-order valence-corrected chi connectivity index (χ2v) is 7.53. The number of methoxy groups -OCH3 is 2. The third-order valence-electron chi connectivity index (χ3n) is 5.43. The van der Waals surface area contributed by atoms with E-state index in [2.05, 4.69) is 11.6 Å². The summed E-state index contributed by atoms with van der Waals surface area (Å²) in [5.74, 6) is 0.979. The average Bonchev–Trinajstić information content (AvgIpc) is 2.80. The summed E-state index contributed by atoms with van der Waals surface area (Å²) in [6.07, 6.45) is 3.22. The molecule has 0 fully saturated rings. The zero-order valence-electron chi connectivity index (χ0n) is 18.2. The lowest BCUT2D eigenvalue weighted by Crippen LogP contribution is -2.21. The van der Waals surface area contributed by atoms with Gasteiger partial charge in [-0.25, -0.2) is 9.37 Å². The van der Waals surface area contributed by atoms with Crippen LogP contribution in [0.25, 0.3) is 28.1 Å². The summed E-state index contributed by atoms with van der Waals surface area (Å²) >= 11 is 0. The molecule has 0 unspecified atom stereocenters. The second kappa shape index (κ2) is 8.67. The van der Waals surface area contributed by atoms with Gasteiger partial charge in [-0.15, -0.1) is 0 Å². The monoisotopic (exact) mass is 430 g/mol. The molecular weight excluding hydrogens is 407 g/mol. The van der Waals surface area contributed by atoms with Crippen molar-refractivity contribution in [2.24, 2.45) is 0 Å². The van der Waals surface area contributed by atoms with Crippen molar-refractivity contribution in [3.05, 3.63) is 94.3 Å². The molecule has 0 atom stereocenters. The Kier molecular flexibility index (Phi) is 5.77. The normalized spacial score (nSPS) is 10.9. The Balaban J connectivity index is 1.88. The molecule has 0 aliphatic rings. The largest absolute Gasteiger partial charge is 0.497 e. The van der Waals surface area contributed by atoms with E-state index in [0.29, 0.717) is 28.9 Å². The molecule has 5 nitrogen and oxygen atoms in total. The molecule has 0 bridgehead atoms. The van der Waals surface area contributed by atoms with Gasteiger partial charge in [-0.2, -0.15) is 0 Å². The summed E-state index contributed by atoms with van der Waals surface area (Å²) in [6, 6.07) is 13.8. The number of nitrogens with zero attached hydrogens (tertiary/aromatic N) is 2. The molecule has 3 aromatic carbocycles. The lowest BCUT2D eigenvalue weighted by molar-refractivity contribution is 0.393. The van der Waals surface area contributed by atoms with E-state index in [1.165, 1.54) is 18.5 Å². The molecule has 0 spiro atoms. The maximum absolute atomic E-state index is 13.7. The number of ether oxygens (including phenoxy) is 2. The minimum Gasteiger partial charge on any atom is -0.497 e. The van der Waals surface area contributed by atoms with E-state index >= 15 is 0 Å². The number of benzene rings is 3. The second-order valence-electron chi connectivity index (χ2n) is 7.53. The van der Waals surface area contributed by atoms with Gasteiger partial charge in [-0.05, 0) is 65.6 Å². The quantitative estimate of drug-likeness (QED) is 0.421. The maximum atomic E-state index is 13.7. The molecule has 4 rings (SSSR count). The summed E-state index contributed by atoms with van der Waals surface area (Å²) in [6.45, 7) is 5.99. The molecule has 0 saturated carbocycles. The van der Waals surface area contributed by atoms with Crippen molar-refractivity contribution in [1.29, 1.82) is 0 Å². The van der Waals surface area contributed by atoms with Gasteiger partial charge in [0.1, 0.15) is 17.3 Å². The smallest absolute Gasteiger partial charge is 0.261 e. The Morgan fingerprint density at radius 3 is 2.38 bits per heavy atom. The summed E-state index contributed by atoms with van der Waals surface area (Å²) in [7, 11) is 3.16. The number of aryl methyl sites for hydroxylation is 1. The van der Waals surface area contributed by atoms with E-state index in [1.807, 2.05) is 25.1 Å². The van der Waals surface area contributed by atoms with Crippen LogP contribution in [0.4, 0.5) is 4.39 Å². The first-order valence-electron chi connectivity index (χ1n) is 10.1. The first-order chi connectivity index (χ1) is 15.4. The van der Waals surface area contributed by atoms with Crippen molar-refractivity contribution < 1.29 is 13.9 Å². The van der Waals surface area contributed by atoms with Crippen LogP contribution in [0.3, 0.4) is 0 Å². The van der Waals surface area contributed by atoms with E-state index in [0.717, 1.165) is 27.8 Å². The fourth-order valence-corrected chi connectivity index (χ4v) is 3.81. The van der Waals surface area contributed by atoms with Crippen LogP contribution in [0.5, 0.6) is 11.5 Å². The number of rotatable bonds is 6. The van der Waals surface area contributed by atoms with Crippen molar-refractivity contribution in [3.63, 3.8) is 0 Å². The van der Waals surface area contributed by atoms with Crippen LogP contribution < -0.4 is 15.0 Å². The third-order valence-corrected chi connectivity index (χ3v) is 5.43. The predicted octanol–water partition coefficient (Wildman–Crippen LogP) is 5.22. The Bertz CT molecular complexity index is 1370. The number of fused-ring (bicyclic) bond motifs is 1. The van der Waals surface area contributed by atoms with Gasteiger partial charge in [0, 0.05) is 11.6 Å². The third kappa shape index (κ3) is 3.99. The number of aromatic nitrogens is 2. The van der Waals surface area contributed by atoms with Gasteiger partial charge in [-0.1, -0.05) is 18.7 Å². The first kappa shape index (κ1) is 21.3. The number of halogens is 1. The lowest BCUT2D eigenvalue weighted by Gasteiger charge is -2.13. The van der Waals surface area contributed by atoms with Gasteiger partial charge in [0.15, 0.2) is 0 Å². The van der Waals surface area contributed by atoms with Crippen LogP contribution in [-0.2, 0) is 6.54 Å². The van der Waals surface area contributed by atoms with Crippen LogP contribution >= 0.6 is 0 Å². The minimum atomic E-state index is -0.306. The summed E-state index contributed by atoms with van der Waals surface area (Å²) < 4.78 is 25.9. The van der Waals surface area contributed by atoms with Crippen molar-refractivity contribution >= 4 is 17.0 Å². The van der Waals surface area contributed by atoms with Gasteiger partial charge < -0.3 is 9.47 Å². The van der Waals surface area contributed by atoms with Crippen LogP contribution in [0.1, 0.15) is 16.7 Å². The molecular formula is C26H23FN2O3. The fourth-order valence-electron chi connectivity index (χ4n) is 3.81. The van der Waals surface area contributed by atoms with Gasteiger partial charge in [0.2, 0.25) is 0 Å². The van der Waals surface area contributed by atoms with E-state index in [1.54, 1.807) is 43.1 Å². The molecule has 1 heterocycles. The van der Waals surface area contributed by atoms with Crippen molar-refractivity contribution in [2.45, 2.75) is 13.5 Å². The molecule has 6 heteroatoms. The zero-order chi connectivity index (χ0) is 22.8. The highest BCUT2D eigenvalue weighted by Crippen LogP contribution is 2.31. The van der Waals surface area contributed by atoms with Crippen LogP contribution in [0, 0.1) is 12.7 Å². The standard InChI is InChI=1S/C26H23FN2O3/c1-5-17-11-23(22-7-6-19(27)8-16(22)2)25-24(12-17)26(30)29(15-28-25)14-18-9-20(31-3)13-21(10-18)32-4/h5-13,15H,1,14H2,2-4H3. The lowest BCUT2D eigenvalue weighted by atomic mass is 9.96. The summed E-state index contributed by atoms with van der Waals surface area (Å²) in [5.41, 5.74) is 4.37. The molecule has 0 aliphatic carbocycles. The molecule has 0 amide bonds. The predicted molar refractivity (Wildman–Crippen MR) is 125 cm³/mol. The van der Waals surface area contributed by atoms with E-state index < -0.39 is 0 Å². The number of hydrogen-bond acceptors (Lipinski definition) is 4. The minimum absolute atomic E-state index is 0.179. The summed E-state index contributed by atoms with van der Waals surface area (Å²) in [4.78, 5) is 18.0.